The fourth-order valence-corrected chi connectivity index (χ4v) is 6.56. The van der Waals surface area contributed by atoms with Crippen LogP contribution in [-0.4, -0.2) is 71.8 Å². The van der Waals surface area contributed by atoms with Crippen molar-refractivity contribution in [3.8, 4) is 0 Å². The second-order valence-electron chi connectivity index (χ2n) is 15.3. The SMILES string of the molecule is CC(C)(C)OC(=O)N[C@@H](CCC(=O)NC1C[C@@H](N)C[C@@H](N)C1)C(=O)N[C@H](CCc1ccc(C(F)(F)F)cc1)C(=O)Nc1ccc2c(c1)B(O)OC2(C)C. The molecule has 0 bridgehead atoms. The normalized spacial score (nSPS) is 20.8. The molecule has 1 saturated carbocycles. The fraction of sp³-hybridized carbons (Fsp3) is 0.556. The van der Waals surface area contributed by atoms with Crippen molar-refractivity contribution in [1.82, 2.24) is 16.0 Å². The zero-order valence-electron chi connectivity index (χ0n) is 30.6. The van der Waals surface area contributed by atoms with E-state index in [4.69, 9.17) is 20.9 Å². The maximum Gasteiger partial charge on any atom is 0.492 e. The maximum absolute atomic E-state index is 13.8. The summed E-state index contributed by atoms with van der Waals surface area (Å²) in [6, 6.07) is 6.19. The van der Waals surface area contributed by atoms with Crippen LogP contribution >= 0.6 is 0 Å². The monoisotopic (exact) mass is 746 g/mol. The predicted molar refractivity (Wildman–Crippen MR) is 193 cm³/mol. The van der Waals surface area contributed by atoms with Crippen LogP contribution in [0.25, 0.3) is 0 Å². The van der Waals surface area contributed by atoms with Crippen LogP contribution in [0.2, 0.25) is 0 Å². The number of halogens is 3. The van der Waals surface area contributed by atoms with E-state index < -0.39 is 60.1 Å². The minimum Gasteiger partial charge on any atom is -0.444 e. The van der Waals surface area contributed by atoms with Crippen LogP contribution < -0.4 is 38.2 Å². The van der Waals surface area contributed by atoms with Gasteiger partial charge in [-0.1, -0.05) is 18.2 Å². The topological polar surface area (TPSA) is 207 Å². The summed E-state index contributed by atoms with van der Waals surface area (Å²) in [5.74, 6) is -1.85. The molecule has 0 saturated heterocycles. The first-order valence-electron chi connectivity index (χ1n) is 17.7. The van der Waals surface area contributed by atoms with Crippen LogP contribution in [0.5, 0.6) is 0 Å². The highest BCUT2D eigenvalue weighted by molar-refractivity contribution is 6.62. The summed E-state index contributed by atoms with van der Waals surface area (Å²) in [6.45, 7) is 8.50. The summed E-state index contributed by atoms with van der Waals surface area (Å²) in [4.78, 5) is 53.4. The smallest absolute Gasteiger partial charge is 0.444 e. The van der Waals surface area contributed by atoms with E-state index >= 15 is 0 Å². The third-order valence-electron chi connectivity index (χ3n) is 9.09. The molecule has 17 heteroatoms. The molecule has 5 atom stereocenters. The molecule has 1 unspecified atom stereocenters. The van der Waals surface area contributed by atoms with Crippen molar-refractivity contribution in [3.05, 3.63) is 59.2 Å². The number of ether oxygens (including phenoxy) is 1. The molecule has 1 aliphatic heterocycles. The third-order valence-corrected chi connectivity index (χ3v) is 9.09. The summed E-state index contributed by atoms with van der Waals surface area (Å²) in [7, 11) is -1.23. The number of aryl methyl sites for hydroxylation is 1. The van der Waals surface area contributed by atoms with Crippen molar-refractivity contribution in [2.24, 2.45) is 11.5 Å². The molecule has 1 fully saturated rings. The molecule has 2 aromatic carbocycles. The van der Waals surface area contributed by atoms with Crippen LogP contribution in [0, 0.1) is 0 Å². The Morgan fingerprint density at radius 3 is 2.17 bits per heavy atom. The van der Waals surface area contributed by atoms with E-state index in [0.717, 1.165) is 17.7 Å². The van der Waals surface area contributed by atoms with Crippen LogP contribution in [0.4, 0.5) is 23.7 Å². The molecule has 1 aliphatic carbocycles. The van der Waals surface area contributed by atoms with Gasteiger partial charge in [-0.25, -0.2) is 4.79 Å². The number of carbonyl (C=O) groups is 4. The van der Waals surface area contributed by atoms with Gasteiger partial charge in [-0.2, -0.15) is 13.2 Å². The third kappa shape index (κ3) is 12.2. The average molecular weight is 747 g/mol. The fourth-order valence-electron chi connectivity index (χ4n) is 6.56. The van der Waals surface area contributed by atoms with Gasteiger partial charge in [0.2, 0.25) is 17.7 Å². The van der Waals surface area contributed by atoms with Crippen molar-refractivity contribution in [2.75, 3.05) is 5.32 Å². The van der Waals surface area contributed by atoms with Crippen LogP contribution in [0.1, 0.15) is 89.8 Å². The highest BCUT2D eigenvalue weighted by Gasteiger charge is 2.41. The van der Waals surface area contributed by atoms with E-state index in [0.29, 0.717) is 36.0 Å². The standard InChI is InChI=1S/C36H50BF3N6O7/c1-34(2,3)52-33(50)46-29(14-15-30(47)43-25-17-22(41)16-23(42)18-25)32(49)45-28(13-8-20-6-9-21(10-7-20)36(38,39)40)31(48)44-24-11-12-26-27(19-24)37(51)53-35(26,4)5/h6-7,9-12,19,22-23,25,28-29,51H,8,13-18,41-42H2,1-5H3,(H,43,47)(H,44,48)(H,45,49)(H,46,50)/t22-,23+,25?,28-,29+/m1/s1. The summed E-state index contributed by atoms with van der Waals surface area (Å²) in [5, 5.41) is 21.2. The molecule has 290 valence electrons. The van der Waals surface area contributed by atoms with Gasteiger partial charge >= 0.3 is 19.4 Å². The van der Waals surface area contributed by atoms with E-state index in [1.54, 1.807) is 52.8 Å². The van der Waals surface area contributed by atoms with Gasteiger partial charge in [0.05, 0.1) is 11.2 Å². The molecule has 1 heterocycles. The zero-order valence-corrected chi connectivity index (χ0v) is 30.6. The highest BCUT2D eigenvalue weighted by Crippen LogP contribution is 2.31. The molecule has 0 spiro atoms. The molecule has 0 aromatic heterocycles. The number of fused-ring (bicyclic) bond motifs is 1. The second kappa shape index (κ2) is 16.9. The van der Waals surface area contributed by atoms with Crippen molar-refractivity contribution < 1.29 is 46.8 Å². The minimum atomic E-state index is -4.53. The van der Waals surface area contributed by atoms with E-state index in [9.17, 15) is 37.4 Å². The Kier molecular flexibility index (Phi) is 13.2. The van der Waals surface area contributed by atoms with Crippen molar-refractivity contribution in [1.29, 1.82) is 0 Å². The van der Waals surface area contributed by atoms with E-state index in [1.165, 1.54) is 12.1 Å². The van der Waals surface area contributed by atoms with E-state index in [-0.39, 0.29) is 49.7 Å². The lowest BCUT2D eigenvalue weighted by molar-refractivity contribution is -0.137. The number of carbonyl (C=O) groups excluding carboxylic acids is 4. The molecule has 2 aromatic rings. The molecule has 4 rings (SSSR count). The van der Waals surface area contributed by atoms with Gasteiger partial charge in [0.25, 0.3) is 0 Å². The number of hydrogen-bond donors (Lipinski definition) is 7. The molecule has 0 radical (unpaired) electrons. The lowest BCUT2D eigenvalue weighted by Crippen LogP contribution is -2.54. The molecule has 53 heavy (non-hydrogen) atoms. The first kappa shape index (κ1) is 41.6. The van der Waals surface area contributed by atoms with E-state index in [2.05, 4.69) is 21.3 Å². The number of rotatable bonds is 12. The van der Waals surface area contributed by atoms with Crippen LogP contribution in [0.15, 0.2) is 42.5 Å². The Labute approximate surface area is 307 Å². The summed E-state index contributed by atoms with van der Waals surface area (Å²) in [6.07, 6.45) is -4.00. The van der Waals surface area contributed by atoms with Gasteiger partial charge in [-0.15, -0.1) is 0 Å². The van der Waals surface area contributed by atoms with Crippen molar-refractivity contribution in [3.63, 3.8) is 0 Å². The first-order valence-corrected chi connectivity index (χ1v) is 17.7. The second-order valence-corrected chi connectivity index (χ2v) is 15.3. The van der Waals surface area contributed by atoms with Gasteiger partial charge in [0, 0.05) is 30.2 Å². The number of nitrogens with one attached hydrogen (secondary N) is 4. The number of alkyl halides is 3. The molecule has 13 nitrogen and oxygen atoms in total. The molecule has 4 amide bonds. The molecular weight excluding hydrogens is 696 g/mol. The molecule has 2 aliphatic rings. The van der Waals surface area contributed by atoms with Gasteiger partial charge in [0.15, 0.2) is 0 Å². The number of anilines is 1. The minimum absolute atomic E-state index is 0.0471. The quantitative estimate of drug-likeness (QED) is 0.159. The molecular formula is C36H50BF3N6O7. The first-order chi connectivity index (χ1) is 24.6. The number of nitrogens with two attached hydrogens (primary N) is 2. The number of hydrogen-bond acceptors (Lipinski definition) is 9. The largest absolute Gasteiger partial charge is 0.492 e. The Balaban J connectivity index is 1.53. The number of alkyl carbamates (subject to hydrolysis) is 1. The predicted octanol–water partition coefficient (Wildman–Crippen LogP) is 2.71. The zero-order chi connectivity index (χ0) is 39.3. The van der Waals surface area contributed by atoms with Crippen molar-refractivity contribution >= 4 is 42.1 Å². The highest BCUT2D eigenvalue weighted by atomic mass is 19.4. The Morgan fingerprint density at radius 1 is 0.943 bits per heavy atom. The van der Waals surface area contributed by atoms with Gasteiger partial charge in [-0.05, 0) is 114 Å². The number of benzene rings is 2. The van der Waals surface area contributed by atoms with Gasteiger partial charge in [0.1, 0.15) is 17.7 Å². The summed E-state index contributed by atoms with van der Waals surface area (Å²) >= 11 is 0. The van der Waals surface area contributed by atoms with Crippen LogP contribution in [0.3, 0.4) is 0 Å². The number of amides is 4. The lowest BCUT2D eigenvalue weighted by atomic mass is 9.78. The Hall–Kier alpha value is -4.19. The summed E-state index contributed by atoms with van der Waals surface area (Å²) in [5.41, 5.74) is 11.6. The molecule has 9 N–H and O–H groups in total. The van der Waals surface area contributed by atoms with E-state index in [1.807, 2.05) is 0 Å². The maximum atomic E-state index is 13.8. The Bertz CT molecular complexity index is 1630. The summed E-state index contributed by atoms with van der Waals surface area (Å²) < 4.78 is 50.4. The van der Waals surface area contributed by atoms with Crippen LogP contribution in [-0.2, 0) is 42.0 Å². The van der Waals surface area contributed by atoms with Crippen molar-refractivity contribution in [2.45, 2.75) is 127 Å². The average Bonchev–Trinajstić information content (AvgIpc) is 3.26. The van der Waals surface area contributed by atoms with Gasteiger partial charge < -0.3 is 47.1 Å². The Morgan fingerprint density at radius 2 is 1.57 bits per heavy atom. The van der Waals surface area contributed by atoms with Gasteiger partial charge in [-0.3, -0.25) is 14.4 Å². The lowest BCUT2D eigenvalue weighted by Gasteiger charge is -2.31.